The number of hydrogen-bond acceptors (Lipinski definition) is 0. The lowest BCUT2D eigenvalue weighted by Crippen LogP contribution is -2.19. The maximum atomic E-state index is 2.44. The highest BCUT2D eigenvalue weighted by molar-refractivity contribution is 5.81. The highest BCUT2D eigenvalue weighted by atomic mass is 14.4. The van der Waals surface area contributed by atoms with E-state index in [2.05, 4.69) is 77.1 Å². The largest absolute Gasteiger partial charge is 0.0646 e. The number of benzene rings is 2. The summed E-state index contributed by atoms with van der Waals surface area (Å²) in [4.78, 5) is 0. The normalized spacial score (nSPS) is 15.8. The van der Waals surface area contributed by atoms with E-state index in [0.29, 0.717) is 0 Å². The van der Waals surface area contributed by atoms with Crippen molar-refractivity contribution in [3.8, 4) is 11.1 Å². The molecule has 0 amide bonds. The van der Waals surface area contributed by atoms with Gasteiger partial charge in [0.25, 0.3) is 0 Å². The van der Waals surface area contributed by atoms with Crippen LogP contribution >= 0.6 is 0 Å². The molecule has 0 saturated heterocycles. The Morgan fingerprint density at radius 1 is 0.900 bits per heavy atom. The molecular formula is C20H24. The summed E-state index contributed by atoms with van der Waals surface area (Å²) in [5.74, 6) is 0. The van der Waals surface area contributed by atoms with Crippen LogP contribution in [0.1, 0.15) is 57.7 Å². The Kier molecular flexibility index (Phi) is 2.83. The molecule has 0 fully saturated rings. The van der Waals surface area contributed by atoms with Crippen molar-refractivity contribution in [1.82, 2.24) is 0 Å². The first-order valence-corrected chi connectivity index (χ1v) is 7.63. The van der Waals surface area contributed by atoms with E-state index in [9.17, 15) is 0 Å². The molecule has 0 atom stereocenters. The zero-order chi connectivity index (χ0) is 14.5. The molecule has 0 saturated carbocycles. The molecule has 1 aliphatic rings. The molecule has 0 aliphatic heterocycles. The molecule has 20 heavy (non-hydrogen) atoms. The molecule has 0 N–H and O–H groups in total. The van der Waals surface area contributed by atoms with Crippen molar-refractivity contribution in [2.24, 2.45) is 0 Å². The summed E-state index contributed by atoms with van der Waals surface area (Å²) >= 11 is 0. The molecule has 2 aromatic rings. The van der Waals surface area contributed by atoms with Gasteiger partial charge < -0.3 is 0 Å². The molecular weight excluding hydrogens is 240 g/mol. The van der Waals surface area contributed by atoms with E-state index in [-0.39, 0.29) is 10.8 Å². The van der Waals surface area contributed by atoms with Crippen molar-refractivity contribution >= 4 is 0 Å². The fourth-order valence-electron chi connectivity index (χ4n) is 3.33. The van der Waals surface area contributed by atoms with E-state index in [1.54, 1.807) is 0 Å². The van der Waals surface area contributed by atoms with E-state index in [4.69, 9.17) is 0 Å². The molecule has 0 heteroatoms. The van der Waals surface area contributed by atoms with E-state index >= 15 is 0 Å². The summed E-state index contributed by atoms with van der Waals surface area (Å²) in [6.45, 7) is 11.6. The average Bonchev–Trinajstić information content (AvgIpc) is 2.68. The van der Waals surface area contributed by atoms with Gasteiger partial charge in [-0.05, 0) is 39.7 Å². The summed E-state index contributed by atoms with van der Waals surface area (Å²) in [5.41, 5.74) is 7.60. The Morgan fingerprint density at radius 2 is 1.55 bits per heavy atom. The van der Waals surface area contributed by atoms with Crippen LogP contribution < -0.4 is 0 Å². The van der Waals surface area contributed by atoms with Crippen LogP contribution in [0, 0.1) is 0 Å². The third kappa shape index (κ3) is 1.74. The number of fused-ring (bicyclic) bond motifs is 3. The quantitative estimate of drug-likeness (QED) is 0.654. The lowest BCUT2D eigenvalue weighted by Gasteiger charge is -2.27. The molecule has 104 valence electrons. The minimum absolute atomic E-state index is 0.117. The molecule has 0 heterocycles. The van der Waals surface area contributed by atoms with Gasteiger partial charge in [-0.1, -0.05) is 77.1 Å². The molecule has 3 rings (SSSR count). The van der Waals surface area contributed by atoms with Crippen LogP contribution in [-0.4, -0.2) is 0 Å². The van der Waals surface area contributed by atoms with Gasteiger partial charge in [0.2, 0.25) is 0 Å². The van der Waals surface area contributed by atoms with Crippen LogP contribution in [0.5, 0.6) is 0 Å². The second-order valence-electron chi connectivity index (χ2n) is 7.17. The van der Waals surface area contributed by atoms with Gasteiger partial charge >= 0.3 is 0 Å². The van der Waals surface area contributed by atoms with Gasteiger partial charge in [-0.15, -0.1) is 0 Å². The molecule has 2 aromatic carbocycles. The maximum Gasteiger partial charge on any atom is 0.0158 e. The Morgan fingerprint density at radius 3 is 2.25 bits per heavy atom. The lowest BCUT2D eigenvalue weighted by atomic mass is 9.77. The fraction of sp³-hybridized carbons (Fsp3) is 0.400. The van der Waals surface area contributed by atoms with Crippen molar-refractivity contribution in [3.05, 3.63) is 59.2 Å². The molecule has 0 radical (unpaired) electrons. The van der Waals surface area contributed by atoms with Gasteiger partial charge in [0.05, 0.1) is 0 Å². The molecule has 0 bridgehead atoms. The van der Waals surface area contributed by atoms with Crippen molar-refractivity contribution < 1.29 is 0 Å². The van der Waals surface area contributed by atoms with E-state index in [0.717, 1.165) is 0 Å². The van der Waals surface area contributed by atoms with E-state index < -0.39 is 0 Å². The van der Waals surface area contributed by atoms with Gasteiger partial charge in [0, 0.05) is 5.41 Å². The van der Waals surface area contributed by atoms with Crippen molar-refractivity contribution in [2.45, 2.75) is 51.9 Å². The third-order valence-corrected chi connectivity index (χ3v) is 5.25. The van der Waals surface area contributed by atoms with Crippen LogP contribution in [0.15, 0.2) is 42.5 Å². The highest BCUT2D eigenvalue weighted by Gasteiger charge is 2.35. The Balaban J connectivity index is 2.23. The topological polar surface area (TPSA) is 0 Å². The zero-order valence-corrected chi connectivity index (χ0v) is 13.2. The number of rotatable bonds is 2. The summed E-state index contributed by atoms with van der Waals surface area (Å²) in [5, 5.41) is 0. The second-order valence-corrected chi connectivity index (χ2v) is 7.17. The average molecular weight is 264 g/mol. The van der Waals surface area contributed by atoms with Gasteiger partial charge in [-0.3, -0.25) is 0 Å². The molecule has 0 spiro atoms. The molecule has 0 aromatic heterocycles. The minimum atomic E-state index is 0.117. The first-order valence-electron chi connectivity index (χ1n) is 7.63. The smallest absolute Gasteiger partial charge is 0.0158 e. The zero-order valence-electron chi connectivity index (χ0n) is 13.2. The lowest BCUT2D eigenvalue weighted by molar-refractivity contribution is 0.504. The van der Waals surface area contributed by atoms with Crippen LogP contribution in [-0.2, 0) is 10.8 Å². The summed E-state index contributed by atoms with van der Waals surface area (Å²) in [6.07, 6.45) is 1.17. The van der Waals surface area contributed by atoms with Crippen LogP contribution in [0.2, 0.25) is 0 Å². The second kappa shape index (κ2) is 4.22. The standard InChI is InChI=1S/C20H24/c1-6-19(2,3)14-11-12-16-15-9-7-8-10-17(15)20(4,5)18(16)13-14/h7-13H,6H2,1-5H3. The highest BCUT2D eigenvalue weighted by Crippen LogP contribution is 2.49. The minimum Gasteiger partial charge on any atom is -0.0646 e. The van der Waals surface area contributed by atoms with Gasteiger partial charge in [0.15, 0.2) is 0 Å². The van der Waals surface area contributed by atoms with E-state index in [1.165, 1.54) is 34.2 Å². The predicted molar refractivity (Wildman–Crippen MR) is 87.3 cm³/mol. The summed E-state index contributed by atoms with van der Waals surface area (Å²) in [7, 11) is 0. The van der Waals surface area contributed by atoms with Gasteiger partial charge in [-0.2, -0.15) is 0 Å². The number of hydrogen-bond donors (Lipinski definition) is 0. The Hall–Kier alpha value is -1.56. The third-order valence-electron chi connectivity index (χ3n) is 5.25. The molecule has 0 unspecified atom stereocenters. The van der Waals surface area contributed by atoms with Crippen molar-refractivity contribution in [3.63, 3.8) is 0 Å². The monoisotopic (exact) mass is 264 g/mol. The summed E-state index contributed by atoms with van der Waals surface area (Å²) in [6, 6.07) is 15.9. The SMILES string of the molecule is CCC(C)(C)c1ccc2c(c1)C(C)(C)c1ccccc1-2. The Bertz CT molecular complexity index is 659. The van der Waals surface area contributed by atoms with Crippen LogP contribution in [0.3, 0.4) is 0 Å². The van der Waals surface area contributed by atoms with Gasteiger partial charge in [0.1, 0.15) is 0 Å². The van der Waals surface area contributed by atoms with E-state index in [1.807, 2.05) is 0 Å². The van der Waals surface area contributed by atoms with Crippen LogP contribution in [0.25, 0.3) is 11.1 Å². The maximum absolute atomic E-state index is 2.44. The van der Waals surface area contributed by atoms with Crippen LogP contribution in [0.4, 0.5) is 0 Å². The van der Waals surface area contributed by atoms with Crippen molar-refractivity contribution in [2.75, 3.05) is 0 Å². The molecule has 0 nitrogen and oxygen atoms in total. The first-order chi connectivity index (χ1) is 9.38. The first kappa shape index (κ1) is 13.4. The fourth-order valence-corrected chi connectivity index (χ4v) is 3.33. The molecule has 1 aliphatic carbocycles. The van der Waals surface area contributed by atoms with Gasteiger partial charge in [-0.25, -0.2) is 0 Å². The summed E-state index contributed by atoms with van der Waals surface area (Å²) < 4.78 is 0. The predicted octanol–water partition coefficient (Wildman–Crippen LogP) is 5.68. The Labute approximate surface area is 122 Å². The van der Waals surface area contributed by atoms with Crippen molar-refractivity contribution in [1.29, 1.82) is 0 Å².